The van der Waals surface area contributed by atoms with Crippen LogP contribution in [0.2, 0.25) is 0 Å². The van der Waals surface area contributed by atoms with Crippen LogP contribution in [0.1, 0.15) is 20.3 Å². The molecule has 0 atom stereocenters. The minimum absolute atomic E-state index is 0.690. The van der Waals surface area contributed by atoms with Gasteiger partial charge in [0.05, 0.1) is 0 Å². The van der Waals surface area contributed by atoms with Crippen molar-refractivity contribution in [1.29, 1.82) is 0 Å². The summed E-state index contributed by atoms with van der Waals surface area (Å²) in [5.41, 5.74) is 5.03. The van der Waals surface area contributed by atoms with Gasteiger partial charge < -0.3 is 10.6 Å². The van der Waals surface area contributed by atoms with Gasteiger partial charge >= 0.3 is 5.97 Å². The van der Waals surface area contributed by atoms with Gasteiger partial charge in [-0.15, -0.1) is 0 Å². The lowest BCUT2D eigenvalue weighted by atomic mass is 10.5. The zero-order valence-electron chi connectivity index (χ0n) is 5.76. The molecule has 0 heterocycles. The molecule has 56 valence electrons. The van der Waals surface area contributed by atoms with Crippen LogP contribution < -0.4 is 5.73 Å². The van der Waals surface area contributed by atoms with E-state index in [2.05, 4.69) is 11.8 Å². The highest BCUT2D eigenvalue weighted by atomic mass is 17.1. The first-order valence-corrected chi connectivity index (χ1v) is 2.71. The molecular weight excluding hydrogens is 122 g/mol. The fourth-order valence-corrected chi connectivity index (χ4v) is 0. The van der Waals surface area contributed by atoms with E-state index in [1.807, 2.05) is 0 Å². The van der Waals surface area contributed by atoms with E-state index in [0.717, 1.165) is 19.9 Å². The Labute approximate surface area is 54.5 Å². The van der Waals surface area contributed by atoms with Crippen molar-refractivity contribution in [1.82, 2.24) is 0 Å². The maximum absolute atomic E-state index is 9.34. The minimum atomic E-state index is -0.690. The fraction of sp³-hybridized carbons (Fsp3) is 0.800. The molecule has 0 aromatic rings. The van der Waals surface area contributed by atoms with Crippen molar-refractivity contribution in [2.24, 2.45) is 5.73 Å². The Morgan fingerprint density at radius 2 is 2.00 bits per heavy atom. The Hall–Kier alpha value is -0.610. The maximum Gasteiger partial charge on any atom is 0.339 e. The van der Waals surface area contributed by atoms with Gasteiger partial charge in [-0.05, 0) is 13.0 Å². The second-order valence-corrected chi connectivity index (χ2v) is 1.37. The maximum atomic E-state index is 9.34. The van der Waals surface area contributed by atoms with Crippen LogP contribution in [0.4, 0.5) is 0 Å². The summed E-state index contributed by atoms with van der Waals surface area (Å²) >= 11 is 0. The van der Waals surface area contributed by atoms with Crippen molar-refractivity contribution < 1.29 is 14.9 Å². The normalized spacial score (nSPS) is 7.11. The molecule has 0 bridgehead atoms. The van der Waals surface area contributed by atoms with E-state index >= 15 is 0 Å². The highest BCUT2D eigenvalue weighted by Crippen LogP contribution is 1.59. The molecule has 0 rings (SSSR count). The van der Waals surface area contributed by atoms with Crippen LogP contribution >= 0.6 is 0 Å². The molecule has 0 aromatic heterocycles. The summed E-state index contributed by atoms with van der Waals surface area (Å²) < 4.78 is 0. The van der Waals surface area contributed by atoms with Crippen LogP contribution in [-0.4, -0.2) is 17.8 Å². The van der Waals surface area contributed by atoms with Gasteiger partial charge in [-0.2, -0.15) is 5.26 Å². The van der Waals surface area contributed by atoms with E-state index in [4.69, 9.17) is 11.0 Å². The van der Waals surface area contributed by atoms with Gasteiger partial charge in [0, 0.05) is 6.92 Å². The zero-order chi connectivity index (χ0) is 7.70. The van der Waals surface area contributed by atoms with E-state index in [1.54, 1.807) is 0 Å². The minimum Gasteiger partial charge on any atom is -0.330 e. The summed E-state index contributed by atoms with van der Waals surface area (Å²) in [4.78, 5) is 12.5. The number of rotatable bonds is 1. The van der Waals surface area contributed by atoms with Gasteiger partial charge in [-0.25, -0.2) is 4.79 Å². The number of nitrogens with two attached hydrogens (primary N) is 1. The second kappa shape index (κ2) is 10.4. The van der Waals surface area contributed by atoms with Crippen LogP contribution in [0.25, 0.3) is 0 Å². The summed E-state index contributed by atoms with van der Waals surface area (Å²) in [6.45, 7) is 3.99. The standard InChI is InChI=1S/C3H9N.C2H4O3/c1-2-3-4;1-2(3)5-4/h2-4H2,1H3;4H,1H3. The second-order valence-electron chi connectivity index (χ2n) is 1.37. The number of hydrogen-bond donors (Lipinski definition) is 2. The summed E-state index contributed by atoms with van der Waals surface area (Å²) in [6.07, 6.45) is 1.10. The van der Waals surface area contributed by atoms with Crippen molar-refractivity contribution in [3.8, 4) is 0 Å². The third-order valence-electron chi connectivity index (χ3n) is 0.417. The molecule has 0 fully saturated rings. The monoisotopic (exact) mass is 135 g/mol. The first-order valence-electron chi connectivity index (χ1n) is 2.71. The Bertz CT molecular complexity index is 63.2. The lowest BCUT2D eigenvalue weighted by molar-refractivity contribution is -0.231. The van der Waals surface area contributed by atoms with Gasteiger partial charge in [-0.1, -0.05) is 6.92 Å². The SMILES string of the molecule is CC(=O)OO.CCCN. The van der Waals surface area contributed by atoms with E-state index < -0.39 is 5.97 Å². The topological polar surface area (TPSA) is 72.5 Å². The average molecular weight is 135 g/mol. The Morgan fingerprint density at radius 1 is 1.78 bits per heavy atom. The molecule has 9 heavy (non-hydrogen) atoms. The first-order chi connectivity index (χ1) is 4.18. The lowest BCUT2D eigenvalue weighted by Crippen LogP contribution is -1.93. The molecule has 0 saturated heterocycles. The molecule has 0 aromatic carbocycles. The lowest BCUT2D eigenvalue weighted by Gasteiger charge is -1.76. The fourth-order valence-electron chi connectivity index (χ4n) is 0. The van der Waals surface area contributed by atoms with Crippen molar-refractivity contribution in [3.63, 3.8) is 0 Å². The largest absolute Gasteiger partial charge is 0.339 e. The smallest absolute Gasteiger partial charge is 0.330 e. The highest BCUT2D eigenvalue weighted by molar-refractivity contribution is 5.64. The predicted molar refractivity (Wildman–Crippen MR) is 33.7 cm³/mol. The number of hydrogen-bond acceptors (Lipinski definition) is 4. The van der Waals surface area contributed by atoms with Gasteiger partial charge in [0.2, 0.25) is 0 Å². The molecule has 4 heteroatoms. The third-order valence-corrected chi connectivity index (χ3v) is 0.417. The average Bonchev–Trinajstić information content (AvgIpc) is 1.89. The first kappa shape index (κ1) is 11.2. The van der Waals surface area contributed by atoms with Gasteiger partial charge in [0.25, 0.3) is 0 Å². The Morgan fingerprint density at radius 3 is 2.00 bits per heavy atom. The molecule has 0 unspecified atom stereocenters. The van der Waals surface area contributed by atoms with E-state index in [-0.39, 0.29) is 0 Å². The zero-order valence-corrected chi connectivity index (χ0v) is 5.76. The molecule has 0 saturated carbocycles. The Kier molecular flexibility index (Phi) is 13.0. The quantitative estimate of drug-likeness (QED) is 0.402. The van der Waals surface area contributed by atoms with E-state index in [1.165, 1.54) is 0 Å². The number of carbonyl (C=O) groups excluding carboxylic acids is 1. The summed E-state index contributed by atoms with van der Waals surface area (Å²) in [5, 5.41) is 7.29. The molecule has 0 aliphatic heterocycles. The van der Waals surface area contributed by atoms with Gasteiger partial charge in [0.15, 0.2) is 0 Å². The molecule has 3 N–H and O–H groups in total. The van der Waals surface area contributed by atoms with Crippen molar-refractivity contribution in [2.45, 2.75) is 20.3 Å². The van der Waals surface area contributed by atoms with Gasteiger partial charge in [0.1, 0.15) is 0 Å². The Balaban J connectivity index is 0. The third kappa shape index (κ3) is 37.6. The predicted octanol–water partition coefficient (Wildman–Crippen LogP) is 0.378. The molecule has 0 spiro atoms. The van der Waals surface area contributed by atoms with Crippen LogP contribution in [0, 0.1) is 0 Å². The molecule has 0 amide bonds. The molecule has 0 aliphatic carbocycles. The molecule has 0 radical (unpaired) electrons. The summed E-state index contributed by atoms with van der Waals surface area (Å²) in [7, 11) is 0. The molecule has 4 nitrogen and oxygen atoms in total. The van der Waals surface area contributed by atoms with Crippen LogP contribution in [0.3, 0.4) is 0 Å². The number of carbonyl (C=O) groups is 1. The van der Waals surface area contributed by atoms with Crippen molar-refractivity contribution >= 4 is 5.97 Å². The summed E-state index contributed by atoms with van der Waals surface area (Å²) in [5.74, 6) is -0.690. The van der Waals surface area contributed by atoms with Crippen LogP contribution in [-0.2, 0) is 9.68 Å². The van der Waals surface area contributed by atoms with Crippen molar-refractivity contribution in [2.75, 3.05) is 6.54 Å². The van der Waals surface area contributed by atoms with Crippen LogP contribution in [0.5, 0.6) is 0 Å². The van der Waals surface area contributed by atoms with Gasteiger partial charge in [-0.3, -0.25) is 0 Å². The summed E-state index contributed by atoms with van der Waals surface area (Å²) in [6, 6.07) is 0. The van der Waals surface area contributed by atoms with Crippen molar-refractivity contribution in [3.05, 3.63) is 0 Å². The van der Waals surface area contributed by atoms with E-state index in [0.29, 0.717) is 0 Å². The molecular formula is C5H13NO3. The van der Waals surface area contributed by atoms with Crippen LogP contribution in [0.15, 0.2) is 0 Å². The highest BCUT2D eigenvalue weighted by Gasteiger charge is 1.79. The molecule has 0 aliphatic rings. The van der Waals surface area contributed by atoms with E-state index in [9.17, 15) is 4.79 Å².